The third-order valence-corrected chi connectivity index (χ3v) is 2.64. The average Bonchev–Trinajstić information content (AvgIpc) is 2.36. The van der Waals surface area contributed by atoms with Gasteiger partial charge in [-0.15, -0.1) is 6.58 Å². The lowest BCUT2D eigenvalue weighted by atomic mass is 9.96. The van der Waals surface area contributed by atoms with Crippen molar-refractivity contribution in [1.82, 2.24) is 0 Å². The largest absolute Gasteiger partial charge is 0.383 e. The Morgan fingerprint density at radius 2 is 2.12 bits per heavy atom. The Bertz CT molecular complexity index is 362. The van der Waals surface area contributed by atoms with Crippen LogP contribution in [0.4, 0.5) is 5.69 Å². The van der Waals surface area contributed by atoms with E-state index in [0.29, 0.717) is 5.69 Å². The summed E-state index contributed by atoms with van der Waals surface area (Å²) in [6, 6.07) is 9.11. The molecule has 1 aromatic carbocycles. The predicted molar refractivity (Wildman–Crippen MR) is 69.7 cm³/mol. The summed E-state index contributed by atoms with van der Waals surface area (Å²) in [6.07, 6.45) is 2.27. The summed E-state index contributed by atoms with van der Waals surface area (Å²) in [5.74, 6) is -0.571. The van der Waals surface area contributed by atoms with Crippen molar-refractivity contribution in [2.75, 3.05) is 5.32 Å². The van der Waals surface area contributed by atoms with E-state index < -0.39 is 6.10 Å². The van der Waals surface area contributed by atoms with Crippen molar-refractivity contribution in [1.29, 1.82) is 0 Å². The van der Waals surface area contributed by atoms with Crippen LogP contribution in [0.3, 0.4) is 0 Å². The molecule has 0 saturated carbocycles. The van der Waals surface area contributed by atoms with E-state index in [9.17, 15) is 9.90 Å². The zero-order valence-corrected chi connectivity index (χ0v) is 10.1. The SMILES string of the molecule is C=C[C@@H](CCC)[C@@H](O)C(=O)Nc1ccccc1. The number of hydrogen-bond donors (Lipinski definition) is 2. The van der Waals surface area contributed by atoms with Crippen molar-refractivity contribution in [3.05, 3.63) is 43.0 Å². The van der Waals surface area contributed by atoms with Gasteiger partial charge in [0, 0.05) is 11.6 Å². The number of carbonyl (C=O) groups excluding carboxylic acids is 1. The third-order valence-electron chi connectivity index (χ3n) is 2.64. The molecule has 0 aliphatic heterocycles. The van der Waals surface area contributed by atoms with Gasteiger partial charge in [-0.3, -0.25) is 4.79 Å². The van der Waals surface area contributed by atoms with Crippen LogP contribution < -0.4 is 5.32 Å². The van der Waals surface area contributed by atoms with Gasteiger partial charge in [-0.05, 0) is 18.6 Å². The number of carbonyl (C=O) groups is 1. The van der Waals surface area contributed by atoms with Crippen LogP contribution in [-0.4, -0.2) is 17.1 Å². The highest BCUT2D eigenvalue weighted by Gasteiger charge is 2.22. The zero-order valence-electron chi connectivity index (χ0n) is 10.1. The first-order valence-corrected chi connectivity index (χ1v) is 5.85. The fraction of sp³-hybridized carbons (Fsp3) is 0.357. The fourth-order valence-electron chi connectivity index (χ4n) is 1.67. The molecule has 0 unspecified atom stereocenters. The summed E-state index contributed by atoms with van der Waals surface area (Å²) in [5.41, 5.74) is 0.691. The molecule has 0 aromatic heterocycles. The van der Waals surface area contributed by atoms with Crippen molar-refractivity contribution >= 4 is 11.6 Å². The summed E-state index contributed by atoms with van der Waals surface area (Å²) < 4.78 is 0. The monoisotopic (exact) mass is 233 g/mol. The summed E-state index contributed by atoms with van der Waals surface area (Å²) in [6.45, 7) is 5.66. The van der Waals surface area contributed by atoms with E-state index in [1.165, 1.54) is 0 Å². The second kappa shape index (κ2) is 6.86. The van der Waals surface area contributed by atoms with Gasteiger partial charge in [0.2, 0.25) is 0 Å². The lowest BCUT2D eigenvalue weighted by Gasteiger charge is -2.18. The van der Waals surface area contributed by atoms with Gasteiger partial charge in [-0.25, -0.2) is 0 Å². The molecule has 0 radical (unpaired) electrons. The Hall–Kier alpha value is -1.61. The maximum Gasteiger partial charge on any atom is 0.253 e. The summed E-state index contributed by atoms with van der Waals surface area (Å²) in [5, 5.41) is 12.6. The minimum absolute atomic E-state index is 0.191. The molecule has 0 saturated heterocycles. The maximum atomic E-state index is 11.8. The Morgan fingerprint density at radius 3 is 2.65 bits per heavy atom. The van der Waals surface area contributed by atoms with Crippen LogP contribution in [0.5, 0.6) is 0 Å². The molecule has 2 atom stereocenters. The van der Waals surface area contributed by atoms with Gasteiger partial charge >= 0.3 is 0 Å². The first kappa shape index (κ1) is 13.5. The van der Waals surface area contributed by atoms with Gasteiger partial charge in [0.1, 0.15) is 6.10 Å². The lowest BCUT2D eigenvalue weighted by Crippen LogP contribution is -2.33. The lowest BCUT2D eigenvalue weighted by molar-refractivity contribution is -0.125. The predicted octanol–water partition coefficient (Wildman–Crippen LogP) is 2.59. The Balaban J connectivity index is 2.60. The number of hydrogen-bond acceptors (Lipinski definition) is 2. The fourth-order valence-corrected chi connectivity index (χ4v) is 1.67. The number of aliphatic hydroxyl groups is 1. The van der Waals surface area contributed by atoms with Gasteiger partial charge in [-0.2, -0.15) is 0 Å². The van der Waals surface area contributed by atoms with Crippen LogP contribution in [0.2, 0.25) is 0 Å². The molecule has 0 aliphatic rings. The van der Waals surface area contributed by atoms with Crippen molar-refractivity contribution in [2.45, 2.75) is 25.9 Å². The van der Waals surface area contributed by atoms with Gasteiger partial charge < -0.3 is 10.4 Å². The van der Waals surface area contributed by atoms with Gasteiger partial charge in [0.05, 0.1) is 0 Å². The molecule has 2 N–H and O–H groups in total. The van der Waals surface area contributed by atoms with Crippen molar-refractivity contribution in [3.63, 3.8) is 0 Å². The van der Waals surface area contributed by atoms with Gasteiger partial charge in [0.15, 0.2) is 0 Å². The van der Waals surface area contributed by atoms with Crippen LogP contribution in [0.15, 0.2) is 43.0 Å². The number of nitrogens with one attached hydrogen (secondary N) is 1. The normalized spacial score (nSPS) is 13.8. The molecule has 0 bridgehead atoms. The number of para-hydroxylation sites is 1. The highest BCUT2D eigenvalue weighted by Crippen LogP contribution is 2.15. The molecule has 1 amide bonds. The smallest absolute Gasteiger partial charge is 0.253 e. The minimum atomic E-state index is -1.03. The molecule has 1 rings (SSSR count). The Labute approximate surface area is 102 Å². The summed E-state index contributed by atoms with van der Waals surface area (Å²) in [4.78, 5) is 11.8. The standard InChI is InChI=1S/C14H19NO2/c1-3-8-11(4-2)13(16)14(17)15-12-9-6-5-7-10-12/h4-7,9-11,13,16H,2-3,8H2,1H3,(H,15,17)/t11-,13+/m0/s1. The number of rotatable bonds is 6. The quantitative estimate of drug-likeness (QED) is 0.742. The first-order chi connectivity index (χ1) is 8.19. The molecular formula is C14H19NO2. The van der Waals surface area contributed by atoms with Gasteiger partial charge in [-0.1, -0.05) is 37.6 Å². The second-order valence-corrected chi connectivity index (χ2v) is 3.99. The molecule has 3 heteroatoms. The van der Waals surface area contributed by atoms with Gasteiger partial charge in [0.25, 0.3) is 5.91 Å². The van der Waals surface area contributed by atoms with E-state index in [1.54, 1.807) is 18.2 Å². The number of amides is 1. The summed E-state index contributed by atoms with van der Waals surface area (Å²) >= 11 is 0. The Kier molecular flexibility index (Phi) is 5.43. The second-order valence-electron chi connectivity index (χ2n) is 3.99. The molecular weight excluding hydrogens is 214 g/mol. The highest BCUT2D eigenvalue weighted by atomic mass is 16.3. The summed E-state index contributed by atoms with van der Waals surface area (Å²) in [7, 11) is 0. The van der Waals surface area contributed by atoms with Crippen molar-refractivity contribution < 1.29 is 9.90 Å². The van der Waals surface area contributed by atoms with E-state index in [0.717, 1.165) is 12.8 Å². The third kappa shape index (κ3) is 4.04. The molecule has 0 fully saturated rings. The van der Waals surface area contributed by atoms with E-state index in [2.05, 4.69) is 11.9 Å². The zero-order chi connectivity index (χ0) is 12.7. The van der Waals surface area contributed by atoms with Crippen LogP contribution in [0.25, 0.3) is 0 Å². The van der Waals surface area contributed by atoms with Crippen LogP contribution in [0.1, 0.15) is 19.8 Å². The van der Waals surface area contributed by atoms with E-state index >= 15 is 0 Å². The highest BCUT2D eigenvalue weighted by molar-refractivity contribution is 5.94. The van der Waals surface area contributed by atoms with E-state index in [4.69, 9.17) is 0 Å². The molecule has 1 aromatic rings. The average molecular weight is 233 g/mol. The van der Waals surface area contributed by atoms with Crippen LogP contribution >= 0.6 is 0 Å². The first-order valence-electron chi connectivity index (χ1n) is 5.85. The maximum absolute atomic E-state index is 11.8. The molecule has 17 heavy (non-hydrogen) atoms. The van der Waals surface area contributed by atoms with Crippen molar-refractivity contribution in [3.8, 4) is 0 Å². The molecule has 0 spiro atoms. The number of benzene rings is 1. The molecule has 0 aliphatic carbocycles. The molecule has 3 nitrogen and oxygen atoms in total. The van der Waals surface area contributed by atoms with E-state index in [1.807, 2.05) is 25.1 Å². The minimum Gasteiger partial charge on any atom is -0.383 e. The van der Waals surface area contributed by atoms with Crippen molar-refractivity contribution in [2.24, 2.45) is 5.92 Å². The van der Waals surface area contributed by atoms with E-state index in [-0.39, 0.29) is 11.8 Å². The molecule has 92 valence electrons. The topological polar surface area (TPSA) is 49.3 Å². The van der Waals surface area contributed by atoms with Crippen LogP contribution in [-0.2, 0) is 4.79 Å². The van der Waals surface area contributed by atoms with Crippen LogP contribution in [0, 0.1) is 5.92 Å². The number of anilines is 1. The Morgan fingerprint density at radius 1 is 1.47 bits per heavy atom. The number of aliphatic hydroxyl groups excluding tert-OH is 1. The molecule has 0 heterocycles.